The van der Waals surface area contributed by atoms with E-state index in [1.807, 2.05) is 0 Å². The van der Waals surface area contributed by atoms with Gasteiger partial charge in [0.05, 0.1) is 5.69 Å². The molecular formula is C13H17F4NO3S. The lowest BCUT2D eigenvalue weighted by molar-refractivity contribution is -0.0435. The topological polar surface area (TPSA) is 66.4 Å². The summed E-state index contributed by atoms with van der Waals surface area (Å²) < 4.78 is 74.1. The molecule has 0 atom stereocenters. The van der Waals surface area contributed by atoms with Crippen LogP contribution in [0.5, 0.6) is 0 Å². The minimum atomic E-state index is -5.66. The van der Waals surface area contributed by atoms with E-state index in [9.17, 15) is 26.0 Å². The molecule has 1 aromatic rings. The molecule has 0 aliphatic carbocycles. The van der Waals surface area contributed by atoms with Crippen molar-refractivity contribution in [3.63, 3.8) is 0 Å². The molecule has 0 fully saturated rings. The van der Waals surface area contributed by atoms with E-state index in [1.165, 1.54) is 0 Å². The number of halogens is 4. The fourth-order valence-corrected chi connectivity index (χ4v) is 2.66. The molecule has 0 saturated carbocycles. The maximum Gasteiger partial charge on any atom is 0.501 e. The first-order valence-corrected chi connectivity index (χ1v) is 7.85. The third-order valence-electron chi connectivity index (χ3n) is 3.08. The predicted molar refractivity (Wildman–Crippen MR) is 73.6 cm³/mol. The lowest BCUT2D eigenvalue weighted by atomic mass is 9.90. The van der Waals surface area contributed by atoms with Crippen LogP contribution in [0.25, 0.3) is 0 Å². The van der Waals surface area contributed by atoms with Gasteiger partial charge < -0.3 is 10.4 Å². The summed E-state index contributed by atoms with van der Waals surface area (Å²) in [6.45, 7) is 3.49. The Morgan fingerprint density at radius 1 is 1.23 bits per heavy atom. The number of aliphatic hydroxyl groups excluding tert-OH is 1. The van der Waals surface area contributed by atoms with Gasteiger partial charge in [-0.2, -0.15) is 13.2 Å². The van der Waals surface area contributed by atoms with Crippen LogP contribution in [0.15, 0.2) is 23.1 Å². The van der Waals surface area contributed by atoms with Crippen LogP contribution >= 0.6 is 0 Å². The molecule has 0 aliphatic heterocycles. The normalized spacial score (nSPS) is 13.2. The summed E-state index contributed by atoms with van der Waals surface area (Å²) in [4.78, 5) is -1.15. The van der Waals surface area contributed by atoms with Crippen molar-refractivity contribution >= 4 is 15.5 Å². The molecule has 0 spiro atoms. The van der Waals surface area contributed by atoms with Crippen molar-refractivity contribution in [2.24, 2.45) is 5.41 Å². The quantitative estimate of drug-likeness (QED) is 0.780. The van der Waals surface area contributed by atoms with E-state index >= 15 is 0 Å². The van der Waals surface area contributed by atoms with E-state index in [0.717, 1.165) is 12.1 Å². The molecule has 2 N–H and O–H groups in total. The Bertz CT molecular complexity index is 627. The number of benzene rings is 1. The summed E-state index contributed by atoms with van der Waals surface area (Å²) >= 11 is 0. The van der Waals surface area contributed by atoms with Crippen LogP contribution in [-0.4, -0.2) is 32.2 Å². The second-order valence-corrected chi connectivity index (χ2v) is 7.49. The first-order chi connectivity index (χ1) is 9.90. The lowest BCUT2D eigenvalue weighted by Crippen LogP contribution is -2.27. The molecule has 0 aromatic heterocycles. The van der Waals surface area contributed by atoms with Crippen LogP contribution < -0.4 is 5.32 Å². The third kappa shape index (κ3) is 4.33. The molecule has 0 heterocycles. The molecule has 22 heavy (non-hydrogen) atoms. The molecule has 0 radical (unpaired) electrons. The molecule has 0 amide bonds. The molecule has 0 unspecified atom stereocenters. The molecule has 9 heteroatoms. The van der Waals surface area contributed by atoms with Gasteiger partial charge in [-0.1, -0.05) is 13.8 Å². The van der Waals surface area contributed by atoms with Crippen LogP contribution in [0, 0.1) is 11.2 Å². The summed E-state index contributed by atoms with van der Waals surface area (Å²) in [5, 5.41) is 11.5. The Morgan fingerprint density at radius 2 is 1.82 bits per heavy atom. The molecular weight excluding hydrogens is 326 g/mol. The van der Waals surface area contributed by atoms with Crippen molar-refractivity contribution in [2.75, 3.05) is 18.5 Å². The van der Waals surface area contributed by atoms with Gasteiger partial charge in [0, 0.05) is 13.2 Å². The Morgan fingerprint density at radius 3 is 2.32 bits per heavy atom. The van der Waals surface area contributed by atoms with E-state index in [4.69, 9.17) is 5.11 Å². The Hall–Kier alpha value is -1.35. The fourth-order valence-electron chi connectivity index (χ4n) is 1.71. The number of sulfone groups is 1. The van der Waals surface area contributed by atoms with Crippen LogP contribution in [0.4, 0.5) is 23.2 Å². The minimum absolute atomic E-state index is 0.111. The smallest absolute Gasteiger partial charge is 0.396 e. The average molecular weight is 343 g/mol. The van der Waals surface area contributed by atoms with E-state index in [1.54, 1.807) is 13.8 Å². The third-order valence-corrected chi connectivity index (χ3v) is 4.61. The van der Waals surface area contributed by atoms with Gasteiger partial charge in [-0.3, -0.25) is 0 Å². The zero-order valence-corrected chi connectivity index (χ0v) is 12.9. The average Bonchev–Trinajstić information content (AvgIpc) is 2.35. The Balaban J connectivity index is 3.18. The number of alkyl halides is 3. The van der Waals surface area contributed by atoms with Crippen molar-refractivity contribution < 1.29 is 31.1 Å². The van der Waals surface area contributed by atoms with Crippen molar-refractivity contribution in [3.8, 4) is 0 Å². The lowest BCUT2D eigenvalue weighted by Gasteiger charge is -2.25. The number of hydrogen-bond donors (Lipinski definition) is 2. The van der Waals surface area contributed by atoms with Crippen LogP contribution in [0.2, 0.25) is 0 Å². The summed E-state index contributed by atoms with van der Waals surface area (Å²) in [5.74, 6) is -1.08. The number of rotatable bonds is 6. The number of nitrogens with one attached hydrogen (secondary N) is 1. The van der Waals surface area contributed by atoms with Crippen molar-refractivity contribution in [3.05, 3.63) is 24.0 Å². The fraction of sp³-hybridized carbons (Fsp3) is 0.538. The molecule has 0 aliphatic rings. The largest absolute Gasteiger partial charge is 0.501 e. The second-order valence-electron chi connectivity index (χ2n) is 5.58. The van der Waals surface area contributed by atoms with Crippen molar-refractivity contribution in [2.45, 2.75) is 30.7 Å². The highest BCUT2D eigenvalue weighted by Gasteiger charge is 2.48. The molecule has 1 rings (SSSR count). The van der Waals surface area contributed by atoms with Crippen molar-refractivity contribution in [1.82, 2.24) is 0 Å². The summed E-state index contributed by atoms with van der Waals surface area (Å²) in [6.07, 6.45) is 0.364. The van der Waals surface area contributed by atoms with Crippen LogP contribution in [0.3, 0.4) is 0 Å². The zero-order chi connectivity index (χ0) is 17.2. The monoisotopic (exact) mass is 343 g/mol. The molecule has 0 bridgehead atoms. The SMILES string of the molecule is CC(C)(CCO)CNc1ccc(F)cc1S(=O)(=O)C(F)(F)F. The van der Waals surface area contributed by atoms with Crippen molar-refractivity contribution in [1.29, 1.82) is 0 Å². The number of anilines is 1. The highest BCUT2D eigenvalue weighted by Crippen LogP contribution is 2.35. The van der Waals surface area contributed by atoms with Gasteiger partial charge in [0.1, 0.15) is 10.7 Å². The zero-order valence-electron chi connectivity index (χ0n) is 12.0. The second kappa shape index (κ2) is 6.41. The molecule has 4 nitrogen and oxygen atoms in total. The molecule has 1 aromatic carbocycles. The Kier molecular flexibility index (Phi) is 5.45. The summed E-state index contributed by atoms with van der Waals surface area (Å²) in [7, 11) is -5.66. The molecule has 126 valence electrons. The highest BCUT2D eigenvalue weighted by atomic mass is 32.2. The minimum Gasteiger partial charge on any atom is -0.396 e. The number of hydrogen-bond acceptors (Lipinski definition) is 4. The van der Waals surface area contributed by atoms with E-state index in [2.05, 4.69) is 5.32 Å². The Labute approximate surface area is 126 Å². The van der Waals surface area contributed by atoms with Crippen LogP contribution in [0.1, 0.15) is 20.3 Å². The first kappa shape index (κ1) is 18.7. The van der Waals surface area contributed by atoms with Gasteiger partial charge >= 0.3 is 5.51 Å². The van der Waals surface area contributed by atoms with E-state index in [0.29, 0.717) is 12.5 Å². The van der Waals surface area contributed by atoms with Gasteiger partial charge in [-0.05, 0) is 30.0 Å². The first-order valence-electron chi connectivity index (χ1n) is 6.36. The van der Waals surface area contributed by atoms with Gasteiger partial charge in [-0.15, -0.1) is 0 Å². The van der Waals surface area contributed by atoms with Gasteiger partial charge in [-0.25, -0.2) is 12.8 Å². The van der Waals surface area contributed by atoms with E-state index < -0.39 is 31.5 Å². The molecule has 0 saturated heterocycles. The predicted octanol–water partition coefficient (Wildman–Crippen LogP) is 2.94. The van der Waals surface area contributed by atoms with Crippen LogP contribution in [-0.2, 0) is 9.84 Å². The number of aliphatic hydroxyl groups is 1. The maximum absolute atomic E-state index is 13.2. The highest BCUT2D eigenvalue weighted by molar-refractivity contribution is 7.92. The van der Waals surface area contributed by atoms with Gasteiger partial charge in [0.25, 0.3) is 9.84 Å². The van der Waals surface area contributed by atoms with Gasteiger partial charge in [0.2, 0.25) is 0 Å². The van der Waals surface area contributed by atoms with Gasteiger partial charge in [0.15, 0.2) is 0 Å². The summed E-state index contributed by atoms with van der Waals surface area (Å²) in [5.41, 5.74) is -6.33. The van der Waals surface area contributed by atoms with E-state index in [-0.39, 0.29) is 18.8 Å². The summed E-state index contributed by atoms with van der Waals surface area (Å²) in [6, 6.07) is 2.16. The standard InChI is InChI=1S/C13H17F4NO3S/c1-12(2,5-6-19)8-18-10-4-3-9(14)7-11(10)22(20,21)13(15,16)17/h3-4,7,18-19H,5-6,8H2,1-2H3. The maximum atomic E-state index is 13.2.